The Balaban J connectivity index is 0.00000300. The van der Waals surface area contributed by atoms with Crippen LogP contribution in [0.3, 0.4) is 0 Å². The molecule has 6 heteroatoms. The molecular weight excluding hydrogens is 394 g/mol. The molecule has 0 amide bonds. The van der Waals surface area contributed by atoms with Gasteiger partial charge in [-0.1, -0.05) is 62.1 Å². The molecule has 1 aliphatic heterocycles. The van der Waals surface area contributed by atoms with Gasteiger partial charge in [-0.2, -0.15) is 0 Å². The number of rotatable bonds is 6. The third-order valence-corrected chi connectivity index (χ3v) is 5.97. The van der Waals surface area contributed by atoms with Crippen LogP contribution >= 0.6 is 7.82 Å². The van der Waals surface area contributed by atoms with Crippen LogP contribution in [0.2, 0.25) is 0 Å². The van der Waals surface area contributed by atoms with Crippen LogP contribution in [-0.4, -0.2) is 0 Å². The van der Waals surface area contributed by atoms with Crippen molar-refractivity contribution in [3.63, 3.8) is 0 Å². The van der Waals surface area contributed by atoms with Crippen molar-refractivity contribution in [3.05, 3.63) is 57.6 Å². The second-order valence-electron chi connectivity index (χ2n) is 7.84. The number of fused-ring (bicyclic) bond motifs is 2. The standard InChI is InChI=1S/C23H31O4P.Na/c1-5-7-9-18-11-16(3)13-20-15-21-14-17(4)12-19(10-8-6-2)23(21)27-28(24,25)26-22(18)20;/h11-14H,5-10,15H2,1-4H3,(H,24,25);/q;+1/p-1. The van der Waals surface area contributed by atoms with Crippen LogP contribution in [0.5, 0.6) is 11.5 Å². The minimum Gasteiger partial charge on any atom is -0.736 e. The van der Waals surface area contributed by atoms with Crippen LogP contribution in [0.1, 0.15) is 72.9 Å². The summed E-state index contributed by atoms with van der Waals surface area (Å²) in [6.45, 7) is 8.34. The molecule has 0 spiro atoms. The van der Waals surface area contributed by atoms with E-state index in [-0.39, 0.29) is 29.6 Å². The molecule has 0 bridgehead atoms. The number of unbranched alkanes of at least 4 members (excludes halogenated alkanes) is 2. The summed E-state index contributed by atoms with van der Waals surface area (Å²) in [5.74, 6) is 0.916. The summed E-state index contributed by atoms with van der Waals surface area (Å²) >= 11 is 0. The summed E-state index contributed by atoms with van der Waals surface area (Å²) in [7, 11) is -4.52. The van der Waals surface area contributed by atoms with Gasteiger partial charge in [-0.3, -0.25) is 0 Å². The van der Waals surface area contributed by atoms with Crippen molar-refractivity contribution >= 4 is 7.82 Å². The quantitative estimate of drug-likeness (QED) is 0.529. The molecule has 2 aromatic rings. The SMILES string of the molecule is CCCCc1cc(C)cc2c1OP(=O)([O-])Oc1c(CCCC)cc(C)cc1C2.[Na+]. The molecule has 0 saturated heterocycles. The average molecular weight is 424 g/mol. The maximum Gasteiger partial charge on any atom is 1.00 e. The Hall–Kier alpha value is -0.770. The Kier molecular flexibility index (Phi) is 8.87. The van der Waals surface area contributed by atoms with Gasteiger partial charge in [0.15, 0.2) is 0 Å². The molecule has 0 atom stereocenters. The minimum atomic E-state index is -4.52. The molecule has 0 aliphatic carbocycles. The second-order valence-corrected chi connectivity index (χ2v) is 9.10. The topological polar surface area (TPSA) is 58.6 Å². The Morgan fingerprint density at radius 2 is 1.28 bits per heavy atom. The van der Waals surface area contributed by atoms with Crippen molar-refractivity contribution in [2.45, 2.75) is 72.6 Å². The predicted molar refractivity (Wildman–Crippen MR) is 111 cm³/mol. The molecule has 0 N–H and O–H groups in total. The van der Waals surface area contributed by atoms with Crippen molar-refractivity contribution < 1.29 is 48.1 Å². The summed E-state index contributed by atoms with van der Waals surface area (Å²) in [6.07, 6.45) is 6.24. The van der Waals surface area contributed by atoms with E-state index >= 15 is 0 Å². The van der Waals surface area contributed by atoms with Gasteiger partial charge in [-0.05, 0) is 61.8 Å². The first-order chi connectivity index (χ1) is 13.3. The van der Waals surface area contributed by atoms with Gasteiger partial charge in [0.2, 0.25) is 0 Å². The molecule has 0 radical (unpaired) electrons. The molecule has 0 unspecified atom stereocenters. The van der Waals surface area contributed by atoms with Gasteiger partial charge < -0.3 is 13.9 Å². The summed E-state index contributed by atoms with van der Waals surface area (Å²) in [5, 5.41) is 0. The molecule has 0 saturated carbocycles. The van der Waals surface area contributed by atoms with Crippen LogP contribution in [0.25, 0.3) is 0 Å². The summed E-state index contributed by atoms with van der Waals surface area (Å²) in [5.41, 5.74) is 5.96. The first-order valence-electron chi connectivity index (χ1n) is 10.3. The van der Waals surface area contributed by atoms with Gasteiger partial charge >= 0.3 is 37.4 Å². The number of aryl methyl sites for hydroxylation is 4. The Morgan fingerprint density at radius 1 is 0.862 bits per heavy atom. The summed E-state index contributed by atoms with van der Waals surface area (Å²) in [6, 6.07) is 8.13. The van der Waals surface area contributed by atoms with Crippen molar-refractivity contribution in [3.8, 4) is 11.5 Å². The second kappa shape index (κ2) is 10.5. The van der Waals surface area contributed by atoms with Crippen LogP contribution in [-0.2, 0) is 23.8 Å². The fourth-order valence-electron chi connectivity index (χ4n) is 3.91. The molecule has 0 fully saturated rings. The Labute approximate surface area is 196 Å². The first-order valence-corrected chi connectivity index (χ1v) is 11.7. The van der Waals surface area contributed by atoms with E-state index in [1.54, 1.807) is 0 Å². The smallest absolute Gasteiger partial charge is 0.736 e. The number of phosphoric acid groups is 1. The van der Waals surface area contributed by atoms with E-state index in [2.05, 4.69) is 13.8 Å². The van der Waals surface area contributed by atoms with Crippen LogP contribution in [0.15, 0.2) is 24.3 Å². The van der Waals surface area contributed by atoms with E-state index in [1.807, 2.05) is 38.1 Å². The number of phosphoric ester groups is 1. The van der Waals surface area contributed by atoms with Crippen molar-refractivity contribution in [2.24, 2.45) is 0 Å². The predicted octanol–water partition coefficient (Wildman–Crippen LogP) is 2.82. The van der Waals surface area contributed by atoms with E-state index in [0.717, 1.165) is 71.9 Å². The number of hydrogen-bond acceptors (Lipinski definition) is 4. The molecule has 152 valence electrons. The van der Waals surface area contributed by atoms with Crippen molar-refractivity contribution in [2.75, 3.05) is 0 Å². The third-order valence-electron chi connectivity index (χ3n) is 5.16. The van der Waals surface area contributed by atoms with Gasteiger partial charge in [-0.25, -0.2) is 4.57 Å². The monoisotopic (exact) mass is 424 g/mol. The van der Waals surface area contributed by atoms with E-state index in [4.69, 9.17) is 9.05 Å². The molecule has 1 aliphatic rings. The van der Waals surface area contributed by atoms with Crippen LogP contribution in [0.4, 0.5) is 0 Å². The molecule has 0 aromatic heterocycles. The van der Waals surface area contributed by atoms with Gasteiger partial charge in [0, 0.05) is 6.42 Å². The van der Waals surface area contributed by atoms with Crippen molar-refractivity contribution in [1.82, 2.24) is 0 Å². The molecule has 29 heavy (non-hydrogen) atoms. The third kappa shape index (κ3) is 6.12. The van der Waals surface area contributed by atoms with E-state index in [1.165, 1.54) is 0 Å². The largest absolute Gasteiger partial charge is 1.00 e. The fraction of sp³-hybridized carbons (Fsp3) is 0.478. The van der Waals surface area contributed by atoms with Gasteiger partial charge in [-0.15, -0.1) is 0 Å². The zero-order valence-corrected chi connectivity index (χ0v) is 21.2. The van der Waals surface area contributed by atoms with Gasteiger partial charge in [0.05, 0.1) is 0 Å². The van der Waals surface area contributed by atoms with Crippen molar-refractivity contribution in [1.29, 1.82) is 0 Å². The van der Waals surface area contributed by atoms with Gasteiger partial charge in [0.1, 0.15) is 11.5 Å². The van der Waals surface area contributed by atoms with Crippen LogP contribution < -0.4 is 43.5 Å². The zero-order valence-electron chi connectivity index (χ0n) is 18.3. The Morgan fingerprint density at radius 3 is 1.66 bits per heavy atom. The zero-order chi connectivity index (χ0) is 20.3. The summed E-state index contributed by atoms with van der Waals surface area (Å²) < 4.78 is 23.8. The maximum absolute atomic E-state index is 12.8. The molecule has 2 aromatic carbocycles. The number of benzene rings is 2. The average Bonchev–Trinajstić information content (AvgIpc) is 2.61. The van der Waals surface area contributed by atoms with Crippen LogP contribution in [0, 0.1) is 13.8 Å². The fourth-order valence-corrected chi connectivity index (χ4v) is 4.86. The van der Waals surface area contributed by atoms with E-state index in [9.17, 15) is 9.46 Å². The molecule has 4 nitrogen and oxygen atoms in total. The molecule has 1 heterocycles. The molecular formula is C23H30NaO4P. The number of hydrogen-bond donors (Lipinski definition) is 0. The maximum atomic E-state index is 12.8. The summed E-state index contributed by atoms with van der Waals surface area (Å²) in [4.78, 5) is 12.8. The normalized spacial score (nSPS) is 14.4. The molecule has 3 rings (SSSR count). The minimum absolute atomic E-state index is 0. The van der Waals surface area contributed by atoms with Gasteiger partial charge in [0.25, 0.3) is 0 Å². The first kappa shape index (κ1) is 24.5. The van der Waals surface area contributed by atoms with E-state index in [0.29, 0.717) is 17.9 Å². The Bertz CT molecular complexity index is 841. The van der Waals surface area contributed by atoms with E-state index < -0.39 is 7.82 Å².